The molecular formula is C22H26N6O. The zero-order valence-electron chi connectivity index (χ0n) is 16.7. The quantitative estimate of drug-likeness (QED) is 0.683. The number of methoxy groups -OCH3 is 1. The summed E-state index contributed by atoms with van der Waals surface area (Å²) in [6.07, 6.45) is 9.63. The summed E-state index contributed by atoms with van der Waals surface area (Å²) < 4.78 is 7.29. The number of piperidine rings is 1. The van der Waals surface area contributed by atoms with E-state index in [9.17, 15) is 0 Å². The summed E-state index contributed by atoms with van der Waals surface area (Å²) in [7, 11) is 1.67. The number of fused-ring (bicyclic) bond motifs is 1. The Balaban J connectivity index is 1.38. The van der Waals surface area contributed by atoms with Gasteiger partial charge in [0.15, 0.2) is 0 Å². The van der Waals surface area contributed by atoms with E-state index in [4.69, 9.17) is 9.72 Å². The highest BCUT2D eigenvalue weighted by atomic mass is 16.5. The second kappa shape index (κ2) is 7.83. The molecule has 0 N–H and O–H groups in total. The minimum Gasteiger partial charge on any atom is -0.494 e. The Labute approximate surface area is 170 Å². The molecule has 2 saturated heterocycles. The predicted octanol–water partition coefficient (Wildman–Crippen LogP) is 3.01. The van der Waals surface area contributed by atoms with E-state index >= 15 is 0 Å². The van der Waals surface area contributed by atoms with Crippen LogP contribution in [-0.4, -0.2) is 64.0 Å². The second-order valence-electron chi connectivity index (χ2n) is 7.72. The monoisotopic (exact) mass is 390 g/mol. The van der Waals surface area contributed by atoms with Crippen molar-refractivity contribution < 1.29 is 4.74 Å². The largest absolute Gasteiger partial charge is 0.494 e. The lowest BCUT2D eigenvalue weighted by molar-refractivity contribution is 0.133. The molecule has 2 aromatic heterocycles. The van der Waals surface area contributed by atoms with Crippen molar-refractivity contribution in [2.45, 2.75) is 25.3 Å². The van der Waals surface area contributed by atoms with E-state index < -0.39 is 0 Å². The maximum absolute atomic E-state index is 5.46. The van der Waals surface area contributed by atoms with Crippen LogP contribution in [0.1, 0.15) is 19.3 Å². The Bertz CT molecular complexity index is 987. The summed E-state index contributed by atoms with van der Waals surface area (Å²) in [5, 5.41) is 4.52. The number of ether oxygens (including phenoxy) is 1. The van der Waals surface area contributed by atoms with Crippen molar-refractivity contribution in [1.29, 1.82) is 0 Å². The molecule has 29 heavy (non-hydrogen) atoms. The van der Waals surface area contributed by atoms with E-state index in [1.165, 1.54) is 25.8 Å². The van der Waals surface area contributed by atoms with Crippen molar-refractivity contribution in [1.82, 2.24) is 24.6 Å². The zero-order valence-corrected chi connectivity index (χ0v) is 16.7. The topological polar surface area (TPSA) is 59.3 Å². The van der Waals surface area contributed by atoms with Crippen LogP contribution in [0, 0.1) is 0 Å². The fourth-order valence-electron chi connectivity index (χ4n) is 4.41. The Morgan fingerprint density at radius 1 is 1.07 bits per heavy atom. The molecule has 5 rings (SSSR count). The second-order valence-corrected chi connectivity index (χ2v) is 7.72. The molecule has 1 unspecified atom stereocenters. The predicted molar refractivity (Wildman–Crippen MR) is 113 cm³/mol. The first-order valence-electron chi connectivity index (χ1n) is 10.3. The molecule has 4 heterocycles. The fraction of sp³-hybridized carbons (Fsp3) is 0.409. The Hall–Kier alpha value is -2.93. The van der Waals surface area contributed by atoms with Gasteiger partial charge in [0, 0.05) is 43.6 Å². The zero-order chi connectivity index (χ0) is 19.6. The molecule has 1 atom stereocenters. The number of para-hydroxylation sites is 2. The smallest absolute Gasteiger partial charge is 0.225 e. The van der Waals surface area contributed by atoms with Gasteiger partial charge in [-0.2, -0.15) is 5.10 Å². The molecule has 0 saturated carbocycles. The molecule has 3 aromatic rings. The van der Waals surface area contributed by atoms with Crippen LogP contribution in [0.2, 0.25) is 0 Å². The third-order valence-corrected chi connectivity index (χ3v) is 5.97. The molecular weight excluding hydrogens is 364 g/mol. The van der Waals surface area contributed by atoms with Gasteiger partial charge in [0.05, 0.1) is 19.0 Å². The molecule has 0 radical (unpaired) electrons. The summed E-state index contributed by atoms with van der Waals surface area (Å²) >= 11 is 0. The molecule has 0 bridgehead atoms. The lowest BCUT2D eigenvalue weighted by atomic mass is 10.00. The SMILES string of the molecule is COc1ccccc1-n1cc(-c2ccnc(N3CCN4CCCCC4C3)n2)cn1. The van der Waals surface area contributed by atoms with Gasteiger partial charge in [-0.1, -0.05) is 18.6 Å². The van der Waals surface area contributed by atoms with Gasteiger partial charge in [0.1, 0.15) is 11.4 Å². The van der Waals surface area contributed by atoms with Crippen molar-refractivity contribution in [3.63, 3.8) is 0 Å². The highest BCUT2D eigenvalue weighted by Gasteiger charge is 2.30. The van der Waals surface area contributed by atoms with E-state index in [1.54, 1.807) is 7.11 Å². The number of rotatable bonds is 4. The summed E-state index contributed by atoms with van der Waals surface area (Å²) in [4.78, 5) is 14.4. The molecule has 2 fully saturated rings. The summed E-state index contributed by atoms with van der Waals surface area (Å²) in [5.41, 5.74) is 2.77. The van der Waals surface area contributed by atoms with Crippen LogP contribution in [0.4, 0.5) is 5.95 Å². The minimum absolute atomic E-state index is 0.637. The molecule has 2 aliphatic rings. The number of aromatic nitrogens is 4. The highest BCUT2D eigenvalue weighted by molar-refractivity contribution is 5.60. The van der Waals surface area contributed by atoms with E-state index in [1.807, 2.05) is 53.6 Å². The highest BCUT2D eigenvalue weighted by Crippen LogP contribution is 2.26. The summed E-state index contributed by atoms with van der Waals surface area (Å²) in [6.45, 7) is 4.34. The first-order valence-corrected chi connectivity index (χ1v) is 10.3. The van der Waals surface area contributed by atoms with E-state index in [2.05, 4.69) is 19.9 Å². The Morgan fingerprint density at radius 3 is 2.93 bits per heavy atom. The molecule has 150 valence electrons. The normalized spacial score (nSPS) is 19.8. The lowest BCUT2D eigenvalue weighted by Gasteiger charge is -2.44. The molecule has 1 aromatic carbocycles. The van der Waals surface area contributed by atoms with Crippen molar-refractivity contribution in [2.75, 3.05) is 38.2 Å². The molecule has 0 spiro atoms. The fourth-order valence-corrected chi connectivity index (χ4v) is 4.41. The van der Waals surface area contributed by atoms with E-state index in [0.717, 1.165) is 48.3 Å². The van der Waals surface area contributed by atoms with Gasteiger partial charge in [-0.05, 0) is 37.6 Å². The Kier molecular flexibility index (Phi) is 4.89. The number of benzene rings is 1. The van der Waals surface area contributed by atoms with Crippen LogP contribution >= 0.6 is 0 Å². The average molecular weight is 390 g/mol. The molecule has 0 amide bonds. The summed E-state index contributed by atoms with van der Waals surface area (Å²) in [5.74, 6) is 1.61. The van der Waals surface area contributed by atoms with E-state index in [-0.39, 0.29) is 0 Å². The number of hydrogen-bond donors (Lipinski definition) is 0. The van der Waals surface area contributed by atoms with Crippen LogP contribution < -0.4 is 9.64 Å². The van der Waals surface area contributed by atoms with E-state index in [0.29, 0.717) is 6.04 Å². The van der Waals surface area contributed by atoms with Gasteiger partial charge in [-0.25, -0.2) is 14.6 Å². The lowest BCUT2D eigenvalue weighted by Crippen LogP contribution is -2.55. The van der Waals surface area contributed by atoms with Crippen molar-refractivity contribution in [3.05, 3.63) is 48.9 Å². The minimum atomic E-state index is 0.637. The van der Waals surface area contributed by atoms with Crippen molar-refractivity contribution in [2.24, 2.45) is 0 Å². The molecule has 0 aliphatic carbocycles. The first kappa shape index (κ1) is 18.1. The molecule has 2 aliphatic heterocycles. The van der Waals surface area contributed by atoms with Gasteiger partial charge < -0.3 is 9.64 Å². The number of hydrogen-bond acceptors (Lipinski definition) is 6. The van der Waals surface area contributed by atoms with Gasteiger partial charge >= 0.3 is 0 Å². The van der Waals surface area contributed by atoms with Crippen LogP contribution in [0.15, 0.2) is 48.9 Å². The molecule has 7 heteroatoms. The van der Waals surface area contributed by atoms with Gasteiger partial charge in [-0.15, -0.1) is 0 Å². The van der Waals surface area contributed by atoms with Crippen LogP contribution in [0.25, 0.3) is 16.9 Å². The van der Waals surface area contributed by atoms with Crippen molar-refractivity contribution >= 4 is 5.95 Å². The van der Waals surface area contributed by atoms with Crippen molar-refractivity contribution in [3.8, 4) is 22.7 Å². The van der Waals surface area contributed by atoms with Gasteiger partial charge in [0.2, 0.25) is 5.95 Å². The average Bonchev–Trinajstić information content (AvgIpc) is 3.29. The van der Waals surface area contributed by atoms with Crippen LogP contribution in [0.5, 0.6) is 5.75 Å². The van der Waals surface area contributed by atoms with Crippen LogP contribution in [-0.2, 0) is 0 Å². The van der Waals surface area contributed by atoms with Gasteiger partial charge in [-0.3, -0.25) is 4.90 Å². The maximum atomic E-state index is 5.46. The third-order valence-electron chi connectivity index (χ3n) is 5.97. The number of piperazine rings is 1. The maximum Gasteiger partial charge on any atom is 0.225 e. The third kappa shape index (κ3) is 3.58. The van der Waals surface area contributed by atoms with Crippen LogP contribution in [0.3, 0.4) is 0 Å². The first-order chi connectivity index (χ1) is 14.3. The summed E-state index contributed by atoms with van der Waals surface area (Å²) in [6, 6.07) is 10.4. The standard InChI is InChI=1S/C22H26N6O/c1-29-21-8-3-2-7-20(21)28-15-17(14-24-28)19-9-10-23-22(25-19)27-13-12-26-11-5-4-6-18(26)16-27/h2-3,7-10,14-15,18H,4-6,11-13,16H2,1H3. The van der Waals surface area contributed by atoms with Gasteiger partial charge in [0.25, 0.3) is 0 Å². The number of nitrogens with zero attached hydrogens (tertiary/aromatic N) is 6. The Morgan fingerprint density at radius 2 is 2.00 bits per heavy atom. The number of anilines is 1. The molecule has 7 nitrogen and oxygen atoms in total.